The standard InChI is InChI=1S/C8H14Cl2S/c9-5-6-11-8-4-2-1-3-7(8)10/h7-8H,1-6H2. The molecule has 0 heterocycles. The second kappa shape index (κ2) is 5.55. The molecule has 1 aliphatic carbocycles. The summed E-state index contributed by atoms with van der Waals surface area (Å²) in [5.41, 5.74) is 0. The lowest BCUT2D eigenvalue weighted by molar-refractivity contribution is 0.523. The molecule has 0 N–H and O–H groups in total. The maximum absolute atomic E-state index is 6.15. The first-order valence-corrected chi connectivity index (χ1v) is 6.18. The van der Waals surface area contributed by atoms with E-state index in [4.69, 9.17) is 23.2 Å². The molecule has 2 unspecified atom stereocenters. The van der Waals surface area contributed by atoms with E-state index in [1.54, 1.807) is 0 Å². The van der Waals surface area contributed by atoms with Crippen LogP contribution < -0.4 is 0 Å². The van der Waals surface area contributed by atoms with Gasteiger partial charge in [-0.3, -0.25) is 0 Å². The third kappa shape index (κ3) is 3.43. The van der Waals surface area contributed by atoms with Crippen LogP contribution >= 0.6 is 35.0 Å². The second-order valence-corrected chi connectivity index (χ2v) is 5.18. The lowest BCUT2D eigenvalue weighted by atomic mass is 10.00. The molecule has 0 amide bonds. The lowest BCUT2D eigenvalue weighted by Crippen LogP contribution is -2.22. The first kappa shape index (κ1) is 10.0. The summed E-state index contributed by atoms with van der Waals surface area (Å²) in [6.07, 6.45) is 5.15. The van der Waals surface area contributed by atoms with E-state index in [9.17, 15) is 0 Å². The summed E-state index contributed by atoms with van der Waals surface area (Å²) < 4.78 is 0. The van der Waals surface area contributed by atoms with E-state index in [1.807, 2.05) is 11.8 Å². The molecule has 0 bridgehead atoms. The number of halogens is 2. The smallest absolute Gasteiger partial charge is 0.0454 e. The van der Waals surface area contributed by atoms with Gasteiger partial charge in [-0.05, 0) is 12.8 Å². The van der Waals surface area contributed by atoms with Gasteiger partial charge in [0.1, 0.15) is 0 Å². The molecule has 0 aromatic rings. The van der Waals surface area contributed by atoms with Gasteiger partial charge in [-0.1, -0.05) is 12.8 Å². The van der Waals surface area contributed by atoms with Crippen molar-refractivity contribution in [3.63, 3.8) is 0 Å². The Bertz CT molecular complexity index is 108. The van der Waals surface area contributed by atoms with E-state index in [2.05, 4.69) is 0 Å². The van der Waals surface area contributed by atoms with Crippen LogP contribution in [0.25, 0.3) is 0 Å². The van der Waals surface area contributed by atoms with Crippen molar-refractivity contribution < 1.29 is 0 Å². The van der Waals surface area contributed by atoms with Crippen molar-refractivity contribution >= 4 is 35.0 Å². The van der Waals surface area contributed by atoms with Crippen molar-refractivity contribution in [1.29, 1.82) is 0 Å². The summed E-state index contributed by atoms with van der Waals surface area (Å²) in [6.45, 7) is 0. The highest BCUT2D eigenvalue weighted by Crippen LogP contribution is 2.31. The maximum atomic E-state index is 6.15. The fraction of sp³-hybridized carbons (Fsp3) is 1.00. The van der Waals surface area contributed by atoms with Crippen molar-refractivity contribution in [3.8, 4) is 0 Å². The first-order chi connectivity index (χ1) is 5.34. The molecule has 1 aliphatic rings. The van der Waals surface area contributed by atoms with Crippen LogP contribution in [0, 0.1) is 0 Å². The Morgan fingerprint density at radius 3 is 2.64 bits per heavy atom. The molecule has 1 fully saturated rings. The van der Waals surface area contributed by atoms with Crippen LogP contribution in [0.15, 0.2) is 0 Å². The predicted molar refractivity (Wildman–Crippen MR) is 55.1 cm³/mol. The van der Waals surface area contributed by atoms with Crippen LogP contribution in [-0.2, 0) is 0 Å². The summed E-state index contributed by atoms with van der Waals surface area (Å²) in [5.74, 6) is 1.81. The van der Waals surface area contributed by atoms with E-state index in [-0.39, 0.29) is 0 Å². The van der Waals surface area contributed by atoms with Gasteiger partial charge in [-0.2, -0.15) is 11.8 Å². The normalized spacial score (nSPS) is 32.2. The van der Waals surface area contributed by atoms with Crippen LogP contribution in [-0.4, -0.2) is 22.3 Å². The zero-order valence-corrected chi connectivity index (χ0v) is 8.89. The Hall–Kier alpha value is 0.930. The quantitative estimate of drug-likeness (QED) is 0.646. The summed E-state index contributed by atoms with van der Waals surface area (Å²) in [6, 6.07) is 0. The van der Waals surface area contributed by atoms with Gasteiger partial charge in [-0.25, -0.2) is 0 Å². The minimum atomic E-state index is 0.400. The van der Waals surface area contributed by atoms with Crippen LogP contribution in [0.2, 0.25) is 0 Å². The summed E-state index contributed by atoms with van der Waals surface area (Å²) in [7, 11) is 0. The molecular formula is C8H14Cl2S. The highest BCUT2D eigenvalue weighted by molar-refractivity contribution is 8.00. The average Bonchev–Trinajstić information content (AvgIpc) is 2.03. The number of thioether (sulfide) groups is 1. The number of rotatable bonds is 3. The third-order valence-electron chi connectivity index (χ3n) is 2.03. The fourth-order valence-corrected chi connectivity index (χ4v) is 3.27. The highest BCUT2D eigenvalue weighted by Gasteiger charge is 2.22. The Kier molecular flexibility index (Phi) is 5.06. The zero-order valence-electron chi connectivity index (χ0n) is 6.56. The number of alkyl halides is 2. The molecular weight excluding hydrogens is 199 g/mol. The van der Waals surface area contributed by atoms with Crippen molar-refractivity contribution in [3.05, 3.63) is 0 Å². The summed E-state index contributed by atoms with van der Waals surface area (Å²) in [4.78, 5) is 0. The number of hydrogen-bond donors (Lipinski definition) is 0. The van der Waals surface area contributed by atoms with Gasteiger partial charge in [0.05, 0.1) is 0 Å². The molecule has 0 nitrogen and oxygen atoms in total. The van der Waals surface area contributed by atoms with Gasteiger partial charge < -0.3 is 0 Å². The van der Waals surface area contributed by atoms with Gasteiger partial charge >= 0.3 is 0 Å². The van der Waals surface area contributed by atoms with E-state index >= 15 is 0 Å². The largest absolute Gasteiger partial charge is 0.156 e. The van der Waals surface area contributed by atoms with Crippen LogP contribution in [0.3, 0.4) is 0 Å². The molecule has 0 saturated heterocycles. The fourth-order valence-electron chi connectivity index (χ4n) is 1.44. The molecule has 0 spiro atoms. The molecule has 0 aliphatic heterocycles. The Morgan fingerprint density at radius 1 is 1.27 bits per heavy atom. The second-order valence-electron chi connectivity index (χ2n) is 2.90. The minimum absolute atomic E-state index is 0.400. The summed E-state index contributed by atoms with van der Waals surface area (Å²) in [5, 5.41) is 1.07. The van der Waals surface area contributed by atoms with Gasteiger partial charge in [0, 0.05) is 22.3 Å². The monoisotopic (exact) mass is 212 g/mol. The molecule has 0 radical (unpaired) electrons. The highest BCUT2D eigenvalue weighted by atomic mass is 35.5. The molecule has 1 saturated carbocycles. The van der Waals surface area contributed by atoms with Crippen LogP contribution in [0.1, 0.15) is 25.7 Å². The summed E-state index contributed by atoms with van der Waals surface area (Å²) >= 11 is 13.7. The van der Waals surface area contributed by atoms with E-state index < -0.39 is 0 Å². The first-order valence-electron chi connectivity index (χ1n) is 4.16. The van der Waals surface area contributed by atoms with Crippen molar-refractivity contribution in [2.45, 2.75) is 36.3 Å². The molecule has 1 rings (SSSR count). The minimum Gasteiger partial charge on any atom is -0.156 e. The van der Waals surface area contributed by atoms with E-state index in [0.29, 0.717) is 10.6 Å². The third-order valence-corrected chi connectivity index (χ3v) is 4.55. The molecule has 11 heavy (non-hydrogen) atoms. The van der Waals surface area contributed by atoms with Gasteiger partial charge in [0.15, 0.2) is 0 Å². The predicted octanol–water partition coefficient (Wildman–Crippen LogP) is 3.51. The Balaban J connectivity index is 2.18. The lowest BCUT2D eigenvalue weighted by Gasteiger charge is -2.26. The van der Waals surface area contributed by atoms with E-state index in [1.165, 1.54) is 25.7 Å². The van der Waals surface area contributed by atoms with Crippen molar-refractivity contribution in [2.75, 3.05) is 11.6 Å². The molecule has 2 atom stereocenters. The number of hydrogen-bond acceptors (Lipinski definition) is 1. The molecule has 0 aromatic carbocycles. The van der Waals surface area contributed by atoms with Gasteiger partial charge in [0.25, 0.3) is 0 Å². The Labute approximate surface area is 83.0 Å². The van der Waals surface area contributed by atoms with Crippen molar-refractivity contribution in [2.24, 2.45) is 0 Å². The van der Waals surface area contributed by atoms with Crippen LogP contribution in [0.4, 0.5) is 0 Å². The molecule has 0 aromatic heterocycles. The average molecular weight is 213 g/mol. The molecule has 66 valence electrons. The van der Waals surface area contributed by atoms with Crippen LogP contribution in [0.5, 0.6) is 0 Å². The van der Waals surface area contributed by atoms with E-state index in [0.717, 1.165) is 11.6 Å². The van der Waals surface area contributed by atoms with Gasteiger partial charge in [0.2, 0.25) is 0 Å². The van der Waals surface area contributed by atoms with Crippen molar-refractivity contribution in [1.82, 2.24) is 0 Å². The maximum Gasteiger partial charge on any atom is 0.0454 e. The van der Waals surface area contributed by atoms with Gasteiger partial charge in [-0.15, -0.1) is 23.2 Å². The topological polar surface area (TPSA) is 0 Å². The SMILES string of the molecule is ClCCSC1CCCCC1Cl. The Morgan fingerprint density at radius 2 is 2.00 bits per heavy atom. The zero-order chi connectivity index (χ0) is 8.10. The molecule has 3 heteroatoms.